The molecule has 0 unspecified atom stereocenters. The molecule has 0 amide bonds. The Labute approximate surface area is 371 Å². The molecule has 0 spiro atoms. The summed E-state index contributed by atoms with van der Waals surface area (Å²) >= 11 is 0. The van der Waals surface area contributed by atoms with Crippen molar-refractivity contribution in [3.05, 3.63) is 230 Å². The Morgan fingerprint density at radius 2 is 1.05 bits per heavy atom. The third-order valence-electron chi connectivity index (χ3n) is 13.7. The number of benzene rings is 10. The third kappa shape index (κ3) is 5.54. The molecule has 2 heterocycles. The zero-order chi connectivity index (χ0) is 42.5. The van der Waals surface area contributed by atoms with Crippen LogP contribution in [0, 0.1) is 0 Å². The lowest BCUT2D eigenvalue weighted by Gasteiger charge is -2.27. The molecular formula is C61H42N2O. The highest BCUT2D eigenvalue weighted by molar-refractivity contribution is 6.12. The molecule has 0 saturated carbocycles. The van der Waals surface area contributed by atoms with Gasteiger partial charge in [-0.2, -0.15) is 0 Å². The summed E-state index contributed by atoms with van der Waals surface area (Å²) in [4.78, 5) is 2.42. The number of aromatic nitrogens is 1. The van der Waals surface area contributed by atoms with Gasteiger partial charge >= 0.3 is 0 Å². The van der Waals surface area contributed by atoms with Crippen LogP contribution >= 0.6 is 0 Å². The summed E-state index contributed by atoms with van der Waals surface area (Å²) < 4.78 is 9.23. The van der Waals surface area contributed by atoms with Crippen molar-refractivity contribution in [2.45, 2.75) is 19.3 Å². The second-order valence-electron chi connectivity index (χ2n) is 17.7. The molecule has 1 aliphatic rings. The van der Waals surface area contributed by atoms with Gasteiger partial charge in [0.25, 0.3) is 0 Å². The average Bonchev–Trinajstić information content (AvgIpc) is 3.97. The van der Waals surface area contributed by atoms with Crippen LogP contribution in [0.2, 0.25) is 0 Å². The molecule has 302 valence electrons. The third-order valence-corrected chi connectivity index (χ3v) is 13.7. The molecule has 0 saturated heterocycles. The monoisotopic (exact) mass is 818 g/mol. The van der Waals surface area contributed by atoms with E-state index in [9.17, 15) is 0 Å². The van der Waals surface area contributed by atoms with E-state index >= 15 is 0 Å². The Kier molecular flexibility index (Phi) is 7.95. The van der Waals surface area contributed by atoms with Crippen LogP contribution in [0.4, 0.5) is 17.1 Å². The topological polar surface area (TPSA) is 21.3 Å². The first-order chi connectivity index (χ1) is 31.5. The van der Waals surface area contributed by atoms with Gasteiger partial charge in [0.15, 0.2) is 0 Å². The van der Waals surface area contributed by atoms with Crippen LogP contribution in [0.5, 0.6) is 0 Å². The van der Waals surface area contributed by atoms with Gasteiger partial charge in [-0.3, -0.25) is 0 Å². The summed E-state index contributed by atoms with van der Waals surface area (Å²) in [5, 5.41) is 7.05. The SMILES string of the molecule is CC1(C)c2ccccc2-c2ccc(-c3cccc(N(c4ccc5ccccc5c4)c4cc(-c5cccc(-n6c7ccccc7c7ccccc76)c5)c5oc6ccccc6c5c4)c3)cc21. The maximum Gasteiger partial charge on any atom is 0.143 e. The van der Waals surface area contributed by atoms with Crippen molar-refractivity contribution in [1.29, 1.82) is 0 Å². The first-order valence-corrected chi connectivity index (χ1v) is 22.2. The normalized spacial score (nSPS) is 13.0. The zero-order valence-corrected chi connectivity index (χ0v) is 35.6. The first kappa shape index (κ1) is 36.5. The van der Waals surface area contributed by atoms with E-state index in [-0.39, 0.29) is 5.41 Å². The maximum absolute atomic E-state index is 6.84. The van der Waals surface area contributed by atoms with E-state index in [0.29, 0.717) is 0 Å². The van der Waals surface area contributed by atoms with Crippen LogP contribution in [0.3, 0.4) is 0 Å². The quantitative estimate of drug-likeness (QED) is 0.167. The molecule has 3 nitrogen and oxygen atoms in total. The minimum atomic E-state index is -0.0886. The van der Waals surface area contributed by atoms with Crippen molar-refractivity contribution >= 4 is 71.6 Å². The molecular weight excluding hydrogens is 777 g/mol. The lowest BCUT2D eigenvalue weighted by atomic mass is 9.81. The molecule has 0 radical (unpaired) electrons. The summed E-state index contributed by atoms with van der Waals surface area (Å²) in [5.74, 6) is 0. The largest absolute Gasteiger partial charge is 0.455 e. The van der Waals surface area contributed by atoms with Gasteiger partial charge in [-0.15, -0.1) is 0 Å². The Hall–Kier alpha value is -8.14. The van der Waals surface area contributed by atoms with Gasteiger partial charge in [0, 0.05) is 55.3 Å². The van der Waals surface area contributed by atoms with Crippen LogP contribution in [0.15, 0.2) is 223 Å². The summed E-state index contributed by atoms with van der Waals surface area (Å²) in [7, 11) is 0. The van der Waals surface area contributed by atoms with Crippen LogP contribution in [-0.4, -0.2) is 4.57 Å². The van der Waals surface area contributed by atoms with Crippen molar-refractivity contribution in [2.75, 3.05) is 4.90 Å². The molecule has 0 fully saturated rings. The van der Waals surface area contributed by atoms with E-state index in [1.807, 2.05) is 0 Å². The fraction of sp³-hybridized carbons (Fsp3) is 0.0492. The lowest BCUT2D eigenvalue weighted by molar-refractivity contribution is 0.660. The fourth-order valence-electron chi connectivity index (χ4n) is 10.6. The van der Waals surface area contributed by atoms with Gasteiger partial charge in [-0.1, -0.05) is 159 Å². The molecule has 10 aromatic carbocycles. The molecule has 0 bridgehead atoms. The highest BCUT2D eigenvalue weighted by atomic mass is 16.3. The minimum absolute atomic E-state index is 0.0886. The predicted molar refractivity (Wildman–Crippen MR) is 269 cm³/mol. The Bertz CT molecular complexity index is 3790. The molecule has 12 aromatic rings. The highest BCUT2D eigenvalue weighted by Gasteiger charge is 2.35. The van der Waals surface area contributed by atoms with E-state index in [1.54, 1.807) is 0 Å². The van der Waals surface area contributed by atoms with E-state index in [2.05, 4.69) is 242 Å². The van der Waals surface area contributed by atoms with Crippen LogP contribution in [-0.2, 0) is 5.41 Å². The second kappa shape index (κ2) is 13.9. The summed E-state index contributed by atoms with van der Waals surface area (Å²) in [5.41, 5.74) is 18.2. The first-order valence-electron chi connectivity index (χ1n) is 22.2. The maximum atomic E-state index is 6.84. The van der Waals surface area contributed by atoms with Gasteiger partial charge in [0.2, 0.25) is 0 Å². The Morgan fingerprint density at radius 3 is 1.89 bits per heavy atom. The number of nitrogens with zero attached hydrogens (tertiary/aromatic N) is 2. The number of furan rings is 1. The van der Waals surface area contributed by atoms with Crippen molar-refractivity contribution < 1.29 is 4.42 Å². The predicted octanol–water partition coefficient (Wildman–Crippen LogP) is 16.9. The molecule has 0 atom stereocenters. The van der Waals surface area contributed by atoms with Gasteiger partial charge in [0.1, 0.15) is 11.2 Å². The van der Waals surface area contributed by atoms with Crippen molar-refractivity contribution in [1.82, 2.24) is 4.57 Å². The van der Waals surface area contributed by atoms with E-state index in [0.717, 1.165) is 55.8 Å². The second-order valence-corrected chi connectivity index (χ2v) is 17.7. The smallest absolute Gasteiger partial charge is 0.143 e. The fourth-order valence-corrected chi connectivity index (χ4v) is 10.6. The van der Waals surface area contributed by atoms with Crippen molar-refractivity contribution in [3.63, 3.8) is 0 Å². The number of anilines is 3. The molecule has 2 aromatic heterocycles. The summed E-state index contributed by atoms with van der Waals surface area (Å²) in [6.07, 6.45) is 0. The zero-order valence-electron chi connectivity index (χ0n) is 35.6. The molecule has 0 N–H and O–H groups in total. The van der Waals surface area contributed by atoms with E-state index in [4.69, 9.17) is 4.42 Å². The standard InChI is InChI=1S/C61H42N2O/c1-61(2)55-25-9-5-21-48(55)49-32-30-42(36-56(49)61)41-17-13-19-44(34-41)62(46-31-29-39-15-3-4-16-40(39)33-46)47-37-53(60-54(38-47)52-24-8-12-28-59(52)64-60)43-18-14-20-45(35-43)63-57-26-10-6-22-50(57)51-23-7-11-27-58(51)63/h3-38H,1-2H3. The van der Waals surface area contributed by atoms with Crippen LogP contribution in [0.1, 0.15) is 25.0 Å². The number of rotatable bonds is 6. The minimum Gasteiger partial charge on any atom is -0.455 e. The Balaban J connectivity index is 1.02. The van der Waals surface area contributed by atoms with E-state index in [1.165, 1.54) is 66.0 Å². The number of fused-ring (bicyclic) bond motifs is 10. The van der Waals surface area contributed by atoms with E-state index < -0.39 is 0 Å². The average molecular weight is 819 g/mol. The molecule has 13 rings (SSSR count). The summed E-state index contributed by atoms with van der Waals surface area (Å²) in [6.45, 7) is 4.70. The number of hydrogen-bond donors (Lipinski definition) is 0. The van der Waals surface area contributed by atoms with Gasteiger partial charge in [0.05, 0.1) is 11.0 Å². The molecule has 64 heavy (non-hydrogen) atoms. The molecule has 0 aliphatic heterocycles. The molecule has 1 aliphatic carbocycles. The Morgan fingerprint density at radius 1 is 0.391 bits per heavy atom. The number of para-hydroxylation sites is 3. The summed E-state index contributed by atoms with van der Waals surface area (Å²) in [6, 6.07) is 79.8. The lowest BCUT2D eigenvalue weighted by Crippen LogP contribution is -2.14. The molecule has 3 heteroatoms. The van der Waals surface area contributed by atoms with Crippen LogP contribution in [0.25, 0.3) is 93.6 Å². The van der Waals surface area contributed by atoms with Crippen LogP contribution < -0.4 is 4.90 Å². The van der Waals surface area contributed by atoms with Crippen molar-refractivity contribution in [2.24, 2.45) is 0 Å². The van der Waals surface area contributed by atoms with Gasteiger partial charge in [-0.25, -0.2) is 0 Å². The van der Waals surface area contributed by atoms with Gasteiger partial charge < -0.3 is 13.9 Å². The van der Waals surface area contributed by atoms with Crippen molar-refractivity contribution in [3.8, 4) is 39.1 Å². The van der Waals surface area contributed by atoms with Gasteiger partial charge in [-0.05, 0) is 123 Å². The highest BCUT2D eigenvalue weighted by Crippen LogP contribution is 2.50. The number of hydrogen-bond acceptors (Lipinski definition) is 2.